The predicted molar refractivity (Wildman–Crippen MR) is 113 cm³/mol. The molecule has 3 aromatic rings. The van der Waals surface area contributed by atoms with E-state index in [0.29, 0.717) is 22.8 Å². The molecule has 0 aliphatic heterocycles. The molecular formula is C22H24N2O3S. The van der Waals surface area contributed by atoms with Crippen LogP contribution in [0.4, 0.5) is 0 Å². The summed E-state index contributed by atoms with van der Waals surface area (Å²) in [5.41, 5.74) is 4.22. The van der Waals surface area contributed by atoms with Gasteiger partial charge in [0.05, 0.1) is 30.9 Å². The molecule has 0 saturated heterocycles. The second-order valence-electron chi connectivity index (χ2n) is 6.57. The van der Waals surface area contributed by atoms with Gasteiger partial charge in [0.2, 0.25) is 0 Å². The van der Waals surface area contributed by atoms with Crippen LogP contribution < -0.4 is 14.3 Å². The molecule has 0 N–H and O–H groups in total. The third-order valence-electron chi connectivity index (χ3n) is 4.48. The van der Waals surface area contributed by atoms with E-state index < -0.39 is 0 Å². The van der Waals surface area contributed by atoms with E-state index >= 15 is 0 Å². The molecule has 0 aliphatic carbocycles. The number of carbonyl (C=O) groups is 1. The molecule has 0 radical (unpaired) electrons. The first-order valence-corrected chi connectivity index (χ1v) is 9.78. The highest BCUT2D eigenvalue weighted by Crippen LogP contribution is 2.26. The number of allylic oxidation sites excluding steroid dienone is 1. The molecule has 0 atom stereocenters. The lowest BCUT2D eigenvalue weighted by Crippen LogP contribution is -2.17. The molecule has 1 aromatic heterocycles. The average molecular weight is 397 g/mol. The van der Waals surface area contributed by atoms with Crippen LogP contribution in [0.5, 0.6) is 11.5 Å². The summed E-state index contributed by atoms with van der Waals surface area (Å²) in [6.07, 6.45) is 1.98. The number of carbonyl (C=O) groups excluding carboxylic acids is 1. The first-order chi connectivity index (χ1) is 13.5. The van der Waals surface area contributed by atoms with Crippen molar-refractivity contribution in [1.82, 2.24) is 4.57 Å². The van der Waals surface area contributed by atoms with Crippen molar-refractivity contribution in [2.24, 2.45) is 4.99 Å². The largest absolute Gasteiger partial charge is 0.497 e. The number of nitrogens with zero attached hydrogens (tertiary/aromatic N) is 2. The molecule has 0 bridgehead atoms. The molecule has 6 heteroatoms. The monoisotopic (exact) mass is 396 g/mol. The fraction of sp³-hybridized carbons (Fsp3) is 0.273. The zero-order valence-electron chi connectivity index (χ0n) is 16.6. The van der Waals surface area contributed by atoms with E-state index in [-0.39, 0.29) is 12.3 Å². The van der Waals surface area contributed by atoms with Gasteiger partial charge in [0.1, 0.15) is 11.5 Å². The van der Waals surface area contributed by atoms with E-state index in [0.717, 1.165) is 15.8 Å². The Morgan fingerprint density at radius 1 is 1.21 bits per heavy atom. The number of aryl methyl sites for hydroxylation is 2. The summed E-state index contributed by atoms with van der Waals surface area (Å²) in [5.74, 6) is 1.08. The van der Waals surface area contributed by atoms with Crippen LogP contribution in [0.25, 0.3) is 10.2 Å². The number of ether oxygens (including phenoxy) is 2. The van der Waals surface area contributed by atoms with Crippen LogP contribution in [0, 0.1) is 13.8 Å². The van der Waals surface area contributed by atoms with E-state index in [4.69, 9.17) is 9.47 Å². The minimum absolute atomic E-state index is 0.160. The first-order valence-electron chi connectivity index (χ1n) is 8.96. The van der Waals surface area contributed by atoms with Crippen LogP contribution in [-0.2, 0) is 17.8 Å². The standard InChI is InChI=1S/C22H24N2O3S/c1-6-9-24-18-11-14(2)10-15(3)21(18)28-22(24)23-20(25)12-16-7-8-17(26-4)13-19(16)27-5/h6-8,10-11,13H,1,9,12H2,2-5H3. The van der Waals surface area contributed by atoms with Crippen molar-refractivity contribution in [2.75, 3.05) is 14.2 Å². The van der Waals surface area contributed by atoms with Crippen LogP contribution in [0.3, 0.4) is 0 Å². The summed E-state index contributed by atoms with van der Waals surface area (Å²) < 4.78 is 13.8. The number of hydrogen-bond acceptors (Lipinski definition) is 4. The maximum absolute atomic E-state index is 12.7. The molecule has 28 heavy (non-hydrogen) atoms. The smallest absolute Gasteiger partial charge is 0.252 e. The fourth-order valence-corrected chi connectivity index (χ4v) is 4.32. The fourth-order valence-electron chi connectivity index (χ4n) is 3.21. The number of aromatic nitrogens is 1. The molecule has 146 valence electrons. The van der Waals surface area contributed by atoms with Gasteiger partial charge in [0.15, 0.2) is 4.80 Å². The second-order valence-corrected chi connectivity index (χ2v) is 7.55. The number of amides is 1. The van der Waals surface area contributed by atoms with Gasteiger partial charge in [0, 0.05) is 18.2 Å². The van der Waals surface area contributed by atoms with Gasteiger partial charge in [-0.3, -0.25) is 4.79 Å². The Hall–Kier alpha value is -2.86. The molecular weight excluding hydrogens is 372 g/mol. The molecule has 0 unspecified atom stereocenters. The number of benzene rings is 2. The van der Waals surface area contributed by atoms with Crippen LogP contribution >= 0.6 is 11.3 Å². The zero-order valence-corrected chi connectivity index (χ0v) is 17.4. The van der Waals surface area contributed by atoms with Crippen molar-refractivity contribution in [3.05, 3.63) is 64.5 Å². The Morgan fingerprint density at radius 3 is 2.68 bits per heavy atom. The van der Waals surface area contributed by atoms with E-state index in [2.05, 4.69) is 37.6 Å². The maximum atomic E-state index is 12.7. The number of thiazole rings is 1. The van der Waals surface area contributed by atoms with Crippen molar-refractivity contribution in [3.63, 3.8) is 0 Å². The lowest BCUT2D eigenvalue weighted by molar-refractivity contribution is -0.117. The molecule has 0 spiro atoms. The number of methoxy groups -OCH3 is 2. The number of fused-ring (bicyclic) bond motifs is 1. The minimum Gasteiger partial charge on any atom is -0.497 e. The van der Waals surface area contributed by atoms with Gasteiger partial charge >= 0.3 is 0 Å². The SMILES string of the molecule is C=CCn1c(=NC(=O)Cc2ccc(OC)cc2OC)sc2c(C)cc(C)cc21. The Labute approximate surface area is 168 Å². The lowest BCUT2D eigenvalue weighted by atomic mass is 10.1. The average Bonchev–Trinajstić information content (AvgIpc) is 3.00. The summed E-state index contributed by atoms with van der Waals surface area (Å²) in [6, 6.07) is 9.69. The molecule has 1 amide bonds. The normalized spacial score (nSPS) is 11.6. The summed E-state index contributed by atoms with van der Waals surface area (Å²) in [4.78, 5) is 17.8. The summed E-state index contributed by atoms with van der Waals surface area (Å²) in [7, 11) is 3.17. The quantitative estimate of drug-likeness (QED) is 0.587. The van der Waals surface area contributed by atoms with E-state index in [1.165, 1.54) is 22.5 Å². The Kier molecular flexibility index (Phi) is 5.99. The Bertz CT molecular complexity index is 1110. The highest BCUT2D eigenvalue weighted by Gasteiger charge is 2.12. The van der Waals surface area contributed by atoms with Crippen LogP contribution in [0.15, 0.2) is 48.0 Å². The van der Waals surface area contributed by atoms with Crippen LogP contribution in [0.2, 0.25) is 0 Å². The van der Waals surface area contributed by atoms with Gasteiger partial charge in [-0.1, -0.05) is 29.5 Å². The predicted octanol–water partition coefficient (Wildman–Crippen LogP) is 4.19. The lowest BCUT2D eigenvalue weighted by Gasteiger charge is -2.08. The Balaban J connectivity index is 2.02. The van der Waals surface area contributed by atoms with E-state index in [1.807, 2.05) is 22.8 Å². The highest BCUT2D eigenvalue weighted by atomic mass is 32.1. The van der Waals surface area contributed by atoms with Crippen LogP contribution in [-0.4, -0.2) is 24.7 Å². The van der Waals surface area contributed by atoms with Crippen molar-refractivity contribution in [1.29, 1.82) is 0 Å². The zero-order chi connectivity index (χ0) is 20.3. The van der Waals surface area contributed by atoms with Crippen LogP contribution in [0.1, 0.15) is 16.7 Å². The molecule has 2 aromatic carbocycles. The molecule has 5 nitrogen and oxygen atoms in total. The van der Waals surface area contributed by atoms with Gasteiger partial charge in [-0.2, -0.15) is 4.99 Å². The van der Waals surface area contributed by atoms with Gasteiger partial charge in [-0.05, 0) is 37.1 Å². The van der Waals surface area contributed by atoms with Crippen molar-refractivity contribution in [3.8, 4) is 11.5 Å². The molecule has 0 fully saturated rings. The molecule has 0 saturated carbocycles. The molecule has 0 aliphatic rings. The van der Waals surface area contributed by atoms with Crippen molar-refractivity contribution >= 4 is 27.5 Å². The number of hydrogen-bond donors (Lipinski definition) is 0. The summed E-state index contributed by atoms with van der Waals surface area (Å²) >= 11 is 1.53. The second kappa shape index (κ2) is 8.44. The van der Waals surface area contributed by atoms with E-state index in [9.17, 15) is 4.79 Å². The van der Waals surface area contributed by atoms with Gasteiger partial charge in [-0.15, -0.1) is 6.58 Å². The summed E-state index contributed by atoms with van der Waals surface area (Å²) in [6.45, 7) is 8.59. The number of rotatable bonds is 6. The third-order valence-corrected chi connectivity index (χ3v) is 5.71. The van der Waals surface area contributed by atoms with Crippen molar-refractivity contribution < 1.29 is 14.3 Å². The van der Waals surface area contributed by atoms with Gasteiger partial charge < -0.3 is 14.0 Å². The Morgan fingerprint density at radius 2 is 2.00 bits per heavy atom. The highest BCUT2D eigenvalue weighted by molar-refractivity contribution is 7.16. The molecule has 1 heterocycles. The topological polar surface area (TPSA) is 52.8 Å². The minimum atomic E-state index is -0.220. The first kappa shape index (κ1) is 19.9. The summed E-state index contributed by atoms with van der Waals surface area (Å²) in [5, 5.41) is 0. The van der Waals surface area contributed by atoms with E-state index in [1.54, 1.807) is 20.3 Å². The molecule has 3 rings (SSSR count). The maximum Gasteiger partial charge on any atom is 0.252 e. The third kappa shape index (κ3) is 4.02. The van der Waals surface area contributed by atoms with Gasteiger partial charge in [0.25, 0.3) is 5.91 Å². The van der Waals surface area contributed by atoms with Gasteiger partial charge in [-0.25, -0.2) is 0 Å². The van der Waals surface area contributed by atoms with Crippen molar-refractivity contribution in [2.45, 2.75) is 26.8 Å².